The van der Waals surface area contributed by atoms with Gasteiger partial charge in [-0.1, -0.05) is 17.7 Å². The molecule has 4 nitrogen and oxygen atoms in total. The lowest BCUT2D eigenvalue weighted by atomic mass is 10.1. The van der Waals surface area contributed by atoms with Gasteiger partial charge in [-0.25, -0.2) is 4.98 Å². The number of hydrogen-bond donors (Lipinski definition) is 1. The first-order valence-corrected chi connectivity index (χ1v) is 7.15. The van der Waals surface area contributed by atoms with Crippen LogP contribution in [0.4, 0.5) is 0 Å². The number of pyridine rings is 1. The molecular formula is C16H13ClN2O2. The van der Waals surface area contributed by atoms with Gasteiger partial charge >= 0.3 is 0 Å². The number of aromatic amines is 1. The third-order valence-corrected chi connectivity index (χ3v) is 3.84. The van der Waals surface area contributed by atoms with Crippen molar-refractivity contribution in [1.82, 2.24) is 9.97 Å². The van der Waals surface area contributed by atoms with Crippen molar-refractivity contribution in [3.05, 3.63) is 53.3 Å². The number of nitrogens with one attached hydrogen (secondary N) is 1. The van der Waals surface area contributed by atoms with E-state index in [2.05, 4.69) is 16.9 Å². The van der Waals surface area contributed by atoms with Crippen LogP contribution in [-0.2, 0) is 4.74 Å². The molecule has 106 valence electrons. The van der Waals surface area contributed by atoms with Crippen molar-refractivity contribution >= 4 is 22.6 Å². The maximum absolute atomic E-state index is 6.00. The van der Waals surface area contributed by atoms with Crippen LogP contribution in [0.3, 0.4) is 0 Å². The Morgan fingerprint density at radius 3 is 2.95 bits per heavy atom. The Morgan fingerprint density at radius 1 is 1.33 bits per heavy atom. The van der Waals surface area contributed by atoms with E-state index in [1.165, 1.54) is 0 Å². The van der Waals surface area contributed by atoms with Gasteiger partial charge in [-0.05, 0) is 31.2 Å². The number of benzene rings is 1. The maximum atomic E-state index is 6.00. The van der Waals surface area contributed by atoms with Crippen LogP contribution >= 0.6 is 11.6 Å². The largest absolute Gasteiger partial charge is 0.456 e. The standard InChI is InChI=1S/C16H13ClN2O2/c1-9-15(20-9)12-8-19-16-14(12)13(5-6-18-16)21-11-4-2-3-10(17)7-11/h2-9,15H,1H3,(H,18,19). The van der Waals surface area contributed by atoms with Gasteiger partial charge in [-0.2, -0.15) is 0 Å². The normalized spacial score (nSPS) is 20.7. The van der Waals surface area contributed by atoms with E-state index < -0.39 is 0 Å². The molecule has 1 N–H and O–H groups in total. The second-order valence-corrected chi connectivity index (χ2v) is 5.53. The average molecular weight is 301 g/mol. The van der Waals surface area contributed by atoms with Crippen molar-refractivity contribution in [2.24, 2.45) is 0 Å². The van der Waals surface area contributed by atoms with Crippen molar-refractivity contribution in [2.75, 3.05) is 0 Å². The highest BCUT2D eigenvalue weighted by atomic mass is 35.5. The number of aromatic nitrogens is 2. The van der Waals surface area contributed by atoms with Crippen molar-refractivity contribution in [2.45, 2.75) is 19.1 Å². The van der Waals surface area contributed by atoms with E-state index in [0.717, 1.165) is 22.3 Å². The van der Waals surface area contributed by atoms with Crippen LogP contribution in [0.25, 0.3) is 11.0 Å². The summed E-state index contributed by atoms with van der Waals surface area (Å²) in [6.45, 7) is 2.05. The Bertz CT molecular complexity index is 815. The van der Waals surface area contributed by atoms with Gasteiger partial charge in [0.05, 0.1) is 11.5 Å². The number of hydrogen-bond acceptors (Lipinski definition) is 3. The van der Waals surface area contributed by atoms with Crippen LogP contribution in [-0.4, -0.2) is 16.1 Å². The highest BCUT2D eigenvalue weighted by Crippen LogP contribution is 2.44. The van der Waals surface area contributed by atoms with Crippen molar-refractivity contribution in [3.63, 3.8) is 0 Å². The third-order valence-electron chi connectivity index (χ3n) is 3.61. The zero-order valence-corrected chi connectivity index (χ0v) is 12.1. The molecule has 0 radical (unpaired) electrons. The SMILES string of the molecule is CC1OC1c1c[nH]c2nccc(Oc3cccc(Cl)c3)c12. The number of halogens is 1. The fraction of sp³-hybridized carbons (Fsp3) is 0.188. The maximum Gasteiger partial charge on any atom is 0.141 e. The molecule has 5 heteroatoms. The molecule has 3 aromatic rings. The van der Waals surface area contributed by atoms with Gasteiger partial charge in [0.2, 0.25) is 0 Å². The van der Waals surface area contributed by atoms with Crippen LogP contribution in [0.1, 0.15) is 18.6 Å². The number of rotatable bonds is 3. The van der Waals surface area contributed by atoms with E-state index in [9.17, 15) is 0 Å². The van der Waals surface area contributed by atoms with E-state index in [1.54, 1.807) is 12.3 Å². The molecule has 1 saturated heterocycles. The molecule has 0 aliphatic carbocycles. The lowest BCUT2D eigenvalue weighted by Gasteiger charge is -2.08. The summed E-state index contributed by atoms with van der Waals surface area (Å²) in [4.78, 5) is 7.51. The van der Waals surface area contributed by atoms with Crippen LogP contribution < -0.4 is 4.74 Å². The van der Waals surface area contributed by atoms with E-state index in [-0.39, 0.29) is 12.2 Å². The minimum Gasteiger partial charge on any atom is -0.456 e. The molecule has 2 unspecified atom stereocenters. The molecule has 2 aromatic heterocycles. The van der Waals surface area contributed by atoms with E-state index in [0.29, 0.717) is 10.8 Å². The molecule has 0 spiro atoms. The number of fused-ring (bicyclic) bond motifs is 1. The molecule has 3 heterocycles. The summed E-state index contributed by atoms with van der Waals surface area (Å²) in [5.74, 6) is 1.45. The molecule has 1 aromatic carbocycles. The summed E-state index contributed by atoms with van der Waals surface area (Å²) >= 11 is 6.00. The molecule has 0 amide bonds. The van der Waals surface area contributed by atoms with Gasteiger partial charge in [-0.3, -0.25) is 0 Å². The number of nitrogens with zero attached hydrogens (tertiary/aromatic N) is 1. The van der Waals surface area contributed by atoms with E-state index in [4.69, 9.17) is 21.1 Å². The minimum absolute atomic E-state index is 0.115. The van der Waals surface area contributed by atoms with Gasteiger partial charge in [0.1, 0.15) is 23.3 Å². The number of ether oxygens (including phenoxy) is 2. The lowest BCUT2D eigenvalue weighted by molar-refractivity contribution is 0.383. The predicted octanol–water partition coefficient (Wildman–Crippen LogP) is 4.47. The van der Waals surface area contributed by atoms with E-state index in [1.807, 2.05) is 30.5 Å². The highest BCUT2D eigenvalue weighted by molar-refractivity contribution is 6.30. The second kappa shape index (κ2) is 4.76. The Labute approximate surface area is 126 Å². The van der Waals surface area contributed by atoms with Gasteiger partial charge in [-0.15, -0.1) is 0 Å². The quantitative estimate of drug-likeness (QED) is 0.726. The van der Waals surface area contributed by atoms with Crippen molar-refractivity contribution in [1.29, 1.82) is 0 Å². The molecule has 2 atom stereocenters. The van der Waals surface area contributed by atoms with Crippen LogP contribution in [0.15, 0.2) is 42.7 Å². The second-order valence-electron chi connectivity index (χ2n) is 5.10. The summed E-state index contributed by atoms with van der Waals surface area (Å²) in [7, 11) is 0. The summed E-state index contributed by atoms with van der Waals surface area (Å²) in [5, 5.41) is 1.61. The van der Waals surface area contributed by atoms with Crippen LogP contribution in [0.5, 0.6) is 11.5 Å². The monoisotopic (exact) mass is 300 g/mol. The minimum atomic E-state index is 0.115. The molecule has 1 aliphatic rings. The van der Waals surface area contributed by atoms with Gasteiger partial charge in [0.25, 0.3) is 0 Å². The first kappa shape index (κ1) is 12.7. The van der Waals surface area contributed by atoms with Crippen LogP contribution in [0, 0.1) is 0 Å². The first-order valence-electron chi connectivity index (χ1n) is 6.77. The summed E-state index contributed by atoms with van der Waals surface area (Å²) in [6, 6.07) is 9.20. The molecule has 0 bridgehead atoms. The zero-order chi connectivity index (χ0) is 14.4. The Morgan fingerprint density at radius 2 is 2.19 bits per heavy atom. The third kappa shape index (κ3) is 2.26. The Balaban J connectivity index is 1.79. The lowest BCUT2D eigenvalue weighted by Crippen LogP contribution is -1.89. The van der Waals surface area contributed by atoms with Gasteiger partial charge in [0.15, 0.2) is 0 Å². The highest BCUT2D eigenvalue weighted by Gasteiger charge is 2.38. The molecule has 4 rings (SSSR count). The Hall–Kier alpha value is -2.04. The summed E-state index contributed by atoms with van der Waals surface area (Å²) in [5.41, 5.74) is 1.88. The van der Waals surface area contributed by atoms with E-state index >= 15 is 0 Å². The Kier molecular flexibility index (Phi) is 2.87. The molecule has 21 heavy (non-hydrogen) atoms. The van der Waals surface area contributed by atoms with Crippen molar-refractivity contribution < 1.29 is 9.47 Å². The molecule has 1 fully saturated rings. The van der Waals surface area contributed by atoms with Crippen molar-refractivity contribution in [3.8, 4) is 11.5 Å². The zero-order valence-electron chi connectivity index (χ0n) is 11.3. The molecule has 0 saturated carbocycles. The van der Waals surface area contributed by atoms with Gasteiger partial charge in [0, 0.05) is 23.0 Å². The first-order chi connectivity index (χ1) is 10.2. The van der Waals surface area contributed by atoms with Crippen LogP contribution in [0.2, 0.25) is 5.02 Å². The fourth-order valence-corrected chi connectivity index (χ4v) is 2.71. The average Bonchev–Trinajstić information content (AvgIpc) is 3.03. The fourth-order valence-electron chi connectivity index (χ4n) is 2.53. The number of epoxide rings is 1. The predicted molar refractivity (Wildman–Crippen MR) is 80.9 cm³/mol. The molecule has 1 aliphatic heterocycles. The van der Waals surface area contributed by atoms with Gasteiger partial charge < -0.3 is 14.5 Å². The summed E-state index contributed by atoms with van der Waals surface area (Å²) < 4.78 is 11.6. The smallest absolute Gasteiger partial charge is 0.141 e. The summed E-state index contributed by atoms with van der Waals surface area (Å²) in [6.07, 6.45) is 4.02. The molecular weight excluding hydrogens is 288 g/mol. The number of H-pyrrole nitrogens is 1. The topological polar surface area (TPSA) is 50.4 Å².